The van der Waals surface area contributed by atoms with Crippen molar-refractivity contribution in [1.82, 2.24) is 24.7 Å². The minimum atomic E-state index is 0.0909. The van der Waals surface area contributed by atoms with Crippen LogP contribution in [0.1, 0.15) is 16.8 Å². The number of carbonyl (C=O) groups excluding carboxylic acids is 1. The average molecular weight is 368 g/mol. The molecular formula is C20H28N6O. The van der Waals surface area contributed by atoms with Gasteiger partial charge in [0.1, 0.15) is 5.82 Å². The van der Waals surface area contributed by atoms with Gasteiger partial charge in [-0.05, 0) is 45.7 Å². The number of nitrogens with two attached hydrogens (primary N) is 1. The predicted octanol–water partition coefficient (Wildman–Crippen LogP) is 1.44. The molecule has 1 aliphatic heterocycles. The third-order valence-electron chi connectivity index (χ3n) is 4.82. The van der Waals surface area contributed by atoms with Crippen molar-refractivity contribution in [2.24, 2.45) is 0 Å². The summed E-state index contributed by atoms with van der Waals surface area (Å²) >= 11 is 0. The van der Waals surface area contributed by atoms with Gasteiger partial charge in [0.25, 0.3) is 5.91 Å². The Hall–Kier alpha value is -2.51. The first kappa shape index (κ1) is 19.3. The van der Waals surface area contributed by atoms with Crippen molar-refractivity contribution in [2.45, 2.75) is 6.42 Å². The summed E-state index contributed by atoms with van der Waals surface area (Å²) in [7, 11) is 4.20. The van der Waals surface area contributed by atoms with Crippen LogP contribution in [0.3, 0.4) is 0 Å². The molecule has 1 fully saturated rings. The summed E-state index contributed by atoms with van der Waals surface area (Å²) in [6, 6.07) is 7.50. The molecule has 7 nitrogen and oxygen atoms in total. The van der Waals surface area contributed by atoms with Crippen LogP contribution in [0.5, 0.6) is 0 Å². The molecule has 2 aromatic rings. The van der Waals surface area contributed by atoms with E-state index in [1.807, 2.05) is 29.2 Å². The molecule has 0 atom stereocenters. The van der Waals surface area contributed by atoms with Gasteiger partial charge in [0.2, 0.25) is 0 Å². The summed E-state index contributed by atoms with van der Waals surface area (Å²) in [6.07, 6.45) is 4.35. The molecule has 0 bridgehead atoms. The number of carbonyl (C=O) groups is 1. The minimum Gasteiger partial charge on any atom is -0.382 e. The predicted molar refractivity (Wildman–Crippen MR) is 107 cm³/mol. The van der Waals surface area contributed by atoms with Crippen molar-refractivity contribution in [1.29, 1.82) is 0 Å². The monoisotopic (exact) mass is 368 g/mol. The first-order chi connectivity index (χ1) is 13.0. The molecule has 1 aromatic carbocycles. The number of rotatable bonds is 6. The molecule has 0 saturated carbocycles. The Morgan fingerprint density at radius 2 is 1.81 bits per heavy atom. The number of aromatic nitrogens is 2. The van der Waals surface area contributed by atoms with Crippen LogP contribution >= 0.6 is 0 Å². The molecule has 0 aliphatic carbocycles. The van der Waals surface area contributed by atoms with E-state index < -0.39 is 0 Å². The Bertz CT molecular complexity index is 753. The van der Waals surface area contributed by atoms with E-state index in [4.69, 9.17) is 5.73 Å². The molecule has 0 radical (unpaired) electrons. The van der Waals surface area contributed by atoms with Crippen LogP contribution in [-0.2, 0) is 0 Å². The highest BCUT2D eigenvalue weighted by atomic mass is 16.2. The SMILES string of the molecule is CN(C)CCCN1CCN(C(=O)c2ccc(-c3cncc(N)n3)cc2)CC1. The topological polar surface area (TPSA) is 78.6 Å². The number of amides is 1. The van der Waals surface area contributed by atoms with Crippen LogP contribution < -0.4 is 5.73 Å². The van der Waals surface area contributed by atoms with E-state index in [-0.39, 0.29) is 5.91 Å². The number of hydrogen-bond acceptors (Lipinski definition) is 6. The van der Waals surface area contributed by atoms with Crippen LogP contribution in [-0.4, -0.2) is 83.9 Å². The number of hydrogen-bond donors (Lipinski definition) is 1. The van der Waals surface area contributed by atoms with E-state index in [0.717, 1.165) is 51.3 Å². The number of piperazine rings is 1. The van der Waals surface area contributed by atoms with Gasteiger partial charge in [-0.1, -0.05) is 12.1 Å². The summed E-state index contributed by atoms with van der Waals surface area (Å²) in [5.41, 5.74) is 8.00. The van der Waals surface area contributed by atoms with Crippen molar-refractivity contribution in [3.8, 4) is 11.3 Å². The quantitative estimate of drug-likeness (QED) is 0.831. The molecule has 7 heteroatoms. The number of nitrogen functional groups attached to an aromatic ring is 1. The van der Waals surface area contributed by atoms with Crippen molar-refractivity contribution in [2.75, 3.05) is 59.1 Å². The van der Waals surface area contributed by atoms with Gasteiger partial charge in [0, 0.05) is 37.3 Å². The number of benzene rings is 1. The van der Waals surface area contributed by atoms with Gasteiger partial charge < -0.3 is 15.5 Å². The molecule has 27 heavy (non-hydrogen) atoms. The molecule has 144 valence electrons. The van der Waals surface area contributed by atoms with E-state index in [1.165, 1.54) is 6.20 Å². The number of anilines is 1. The smallest absolute Gasteiger partial charge is 0.253 e. The Morgan fingerprint density at radius 3 is 2.44 bits per heavy atom. The van der Waals surface area contributed by atoms with Crippen LogP contribution in [0.25, 0.3) is 11.3 Å². The maximum atomic E-state index is 12.8. The molecular weight excluding hydrogens is 340 g/mol. The maximum Gasteiger partial charge on any atom is 0.253 e. The third kappa shape index (κ3) is 5.24. The Labute approximate surface area is 160 Å². The summed E-state index contributed by atoms with van der Waals surface area (Å²) in [5.74, 6) is 0.476. The van der Waals surface area contributed by atoms with E-state index in [2.05, 4.69) is 33.9 Å². The van der Waals surface area contributed by atoms with Gasteiger partial charge in [-0.15, -0.1) is 0 Å². The molecule has 0 spiro atoms. The third-order valence-corrected chi connectivity index (χ3v) is 4.82. The summed E-state index contributed by atoms with van der Waals surface area (Å²) in [4.78, 5) is 27.7. The van der Waals surface area contributed by atoms with Gasteiger partial charge in [-0.2, -0.15) is 0 Å². The second-order valence-corrected chi connectivity index (χ2v) is 7.20. The fourth-order valence-electron chi connectivity index (χ4n) is 3.27. The lowest BCUT2D eigenvalue weighted by atomic mass is 10.1. The Kier molecular flexibility index (Phi) is 6.36. The minimum absolute atomic E-state index is 0.0909. The van der Waals surface area contributed by atoms with Crippen LogP contribution in [0, 0.1) is 0 Å². The Morgan fingerprint density at radius 1 is 1.11 bits per heavy atom. The number of nitrogens with zero attached hydrogens (tertiary/aromatic N) is 5. The lowest BCUT2D eigenvalue weighted by Crippen LogP contribution is -2.49. The van der Waals surface area contributed by atoms with Gasteiger partial charge >= 0.3 is 0 Å². The van der Waals surface area contributed by atoms with Crippen LogP contribution in [0.15, 0.2) is 36.7 Å². The van der Waals surface area contributed by atoms with Crippen molar-refractivity contribution >= 4 is 11.7 Å². The van der Waals surface area contributed by atoms with Crippen LogP contribution in [0.4, 0.5) is 5.82 Å². The highest BCUT2D eigenvalue weighted by Gasteiger charge is 2.21. The lowest BCUT2D eigenvalue weighted by Gasteiger charge is -2.35. The summed E-state index contributed by atoms with van der Waals surface area (Å²) in [5, 5.41) is 0. The van der Waals surface area contributed by atoms with E-state index in [1.54, 1.807) is 6.20 Å². The lowest BCUT2D eigenvalue weighted by molar-refractivity contribution is 0.0634. The maximum absolute atomic E-state index is 12.8. The van der Waals surface area contributed by atoms with Crippen LogP contribution in [0.2, 0.25) is 0 Å². The van der Waals surface area contributed by atoms with E-state index in [9.17, 15) is 4.79 Å². The normalized spacial score (nSPS) is 15.3. The zero-order chi connectivity index (χ0) is 19.2. The molecule has 2 N–H and O–H groups in total. The molecule has 1 aromatic heterocycles. The zero-order valence-electron chi connectivity index (χ0n) is 16.1. The van der Waals surface area contributed by atoms with Crippen molar-refractivity contribution in [3.05, 3.63) is 42.2 Å². The molecule has 2 heterocycles. The molecule has 1 amide bonds. The molecule has 1 saturated heterocycles. The summed E-state index contributed by atoms with van der Waals surface area (Å²) in [6.45, 7) is 5.64. The standard InChI is InChI=1S/C20H28N6O/c1-24(2)8-3-9-25-10-12-26(13-11-25)20(27)17-6-4-16(5-7-17)18-14-22-15-19(21)23-18/h4-7,14-15H,3,8-13H2,1-2H3,(H2,21,23). The second-order valence-electron chi connectivity index (χ2n) is 7.20. The zero-order valence-corrected chi connectivity index (χ0v) is 16.1. The van der Waals surface area contributed by atoms with Gasteiger partial charge in [-0.3, -0.25) is 14.7 Å². The largest absolute Gasteiger partial charge is 0.382 e. The van der Waals surface area contributed by atoms with E-state index >= 15 is 0 Å². The van der Waals surface area contributed by atoms with E-state index in [0.29, 0.717) is 17.1 Å². The molecule has 0 unspecified atom stereocenters. The van der Waals surface area contributed by atoms with Gasteiger partial charge in [0.15, 0.2) is 0 Å². The Balaban J connectivity index is 1.54. The fourth-order valence-corrected chi connectivity index (χ4v) is 3.27. The van der Waals surface area contributed by atoms with Crippen molar-refractivity contribution in [3.63, 3.8) is 0 Å². The first-order valence-electron chi connectivity index (χ1n) is 9.37. The molecule has 1 aliphatic rings. The first-order valence-corrected chi connectivity index (χ1v) is 9.37. The highest BCUT2D eigenvalue weighted by molar-refractivity contribution is 5.94. The fraction of sp³-hybridized carbons (Fsp3) is 0.450. The highest BCUT2D eigenvalue weighted by Crippen LogP contribution is 2.18. The van der Waals surface area contributed by atoms with Gasteiger partial charge in [0.05, 0.1) is 18.1 Å². The second kappa shape index (κ2) is 8.92. The average Bonchev–Trinajstić information content (AvgIpc) is 2.68. The van der Waals surface area contributed by atoms with Gasteiger partial charge in [-0.25, -0.2) is 4.98 Å². The summed E-state index contributed by atoms with van der Waals surface area (Å²) < 4.78 is 0. The van der Waals surface area contributed by atoms with Crippen molar-refractivity contribution < 1.29 is 4.79 Å². The molecule has 3 rings (SSSR count).